The molecular formula is C16H12O. The molecule has 17 heavy (non-hydrogen) atoms. The van der Waals surface area contributed by atoms with Gasteiger partial charge in [-0.1, -0.05) is 60.7 Å². The van der Waals surface area contributed by atoms with Crippen LogP contribution < -0.4 is 0 Å². The van der Waals surface area contributed by atoms with Crippen molar-refractivity contribution in [2.24, 2.45) is 0 Å². The van der Waals surface area contributed by atoms with Gasteiger partial charge in [-0.2, -0.15) is 0 Å². The van der Waals surface area contributed by atoms with Gasteiger partial charge in [0.1, 0.15) is 5.75 Å². The van der Waals surface area contributed by atoms with E-state index in [0.717, 1.165) is 22.3 Å². The van der Waals surface area contributed by atoms with E-state index in [1.54, 1.807) is 6.07 Å². The molecule has 0 heterocycles. The Kier molecular flexibility index (Phi) is 2.30. The van der Waals surface area contributed by atoms with Crippen LogP contribution in [0.3, 0.4) is 0 Å². The molecule has 0 amide bonds. The van der Waals surface area contributed by atoms with E-state index in [1.807, 2.05) is 48.6 Å². The molecule has 0 fully saturated rings. The molecule has 0 radical (unpaired) electrons. The predicted molar refractivity (Wildman–Crippen MR) is 71.6 cm³/mol. The first kappa shape index (κ1) is 9.91. The summed E-state index contributed by atoms with van der Waals surface area (Å²) < 4.78 is 0. The van der Waals surface area contributed by atoms with Crippen molar-refractivity contribution in [3.8, 4) is 16.9 Å². The van der Waals surface area contributed by atoms with Crippen LogP contribution in [0.25, 0.3) is 23.3 Å². The first-order valence-electron chi connectivity index (χ1n) is 5.62. The van der Waals surface area contributed by atoms with Crippen LogP contribution >= 0.6 is 0 Å². The molecule has 1 aliphatic rings. The zero-order valence-corrected chi connectivity index (χ0v) is 9.30. The standard InChI is InChI=1S/C16H12O/c17-15-11-5-9-13-8-2-1-6-12-7-3-4-10-14(12)16(13)15/h1-11,17H/b2-1?,6-1-,8-2?,12-6?,13-8?,16-14?. The maximum absolute atomic E-state index is 10.1. The van der Waals surface area contributed by atoms with Crippen molar-refractivity contribution in [3.63, 3.8) is 0 Å². The van der Waals surface area contributed by atoms with Gasteiger partial charge in [0.05, 0.1) is 0 Å². The van der Waals surface area contributed by atoms with Crippen LogP contribution in [-0.4, -0.2) is 5.11 Å². The fraction of sp³-hybridized carbons (Fsp3) is 0. The molecule has 0 spiro atoms. The van der Waals surface area contributed by atoms with Gasteiger partial charge in [-0.3, -0.25) is 0 Å². The van der Waals surface area contributed by atoms with Crippen LogP contribution in [0.2, 0.25) is 0 Å². The number of aromatic hydroxyl groups is 1. The normalized spacial score (nSPS) is 14.4. The molecular weight excluding hydrogens is 208 g/mol. The third kappa shape index (κ3) is 1.66. The lowest BCUT2D eigenvalue weighted by Crippen LogP contribution is -1.89. The summed E-state index contributed by atoms with van der Waals surface area (Å²) in [5, 5.41) is 10.1. The van der Waals surface area contributed by atoms with Crippen molar-refractivity contribution in [2.75, 3.05) is 0 Å². The van der Waals surface area contributed by atoms with Gasteiger partial charge in [0.2, 0.25) is 0 Å². The summed E-state index contributed by atoms with van der Waals surface area (Å²) in [6.45, 7) is 0. The van der Waals surface area contributed by atoms with E-state index in [4.69, 9.17) is 0 Å². The van der Waals surface area contributed by atoms with Crippen LogP contribution in [0.15, 0.2) is 54.6 Å². The minimum absolute atomic E-state index is 0.329. The highest BCUT2D eigenvalue weighted by Crippen LogP contribution is 2.36. The Hall–Kier alpha value is -2.28. The van der Waals surface area contributed by atoms with Crippen molar-refractivity contribution in [1.82, 2.24) is 0 Å². The summed E-state index contributed by atoms with van der Waals surface area (Å²) in [6.07, 6.45) is 8.09. The Morgan fingerprint density at radius 3 is 2.29 bits per heavy atom. The van der Waals surface area contributed by atoms with E-state index in [2.05, 4.69) is 12.1 Å². The summed E-state index contributed by atoms with van der Waals surface area (Å²) in [5.41, 5.74) is 4.14. The molecule has 3 rings (SSSR count). The predicted octanol–water partition coefficient (Wildman–Crippen LogP) is 4.10. The van der Waals surface area contributed by atoms with Crippen molar-refractivity contribution in [1.29, 1.82) is 0 Å². The maximum atomic E-state index is 10.1. The van der Waals surface area contributed by atoms with E-state index in [0.29, 0.717) is 5.75 Å². The van der Waals surface area contributed by atoms with Crippen molar-refractivity contribution >= 4 is 12.2 Å². The summed E-state index contributed by atoms with van der Waals surface area (Å²) in [5.74, 6) is 0.329. The van der Waals surface area contributed by atoms with Gasteiger partial charge in [0.15, 0.2) is 0 Å². The highest BCUT2D eigenvalue weighted by atomic mass is 16.3. The number of hydrogen-bond acceptors (Lipinski definition) is 1. The number of allylic oxidation sites excluding steroid dienone is 2. The SMILES string of the molecule is Oc1cccc2c1-c1ccccc1/C=C\C=C2. The zero-order chi connectivity index (χ0) is 11.7. The Balaban J connectivity index is 2.39. The molecule has 0 saturated carbocycles. The number of phenolic OH excluding ortho intramolecular Hbond substituents is 1. The van der Waals surface area contributed by atoms with Gasteiger partial charge >= 0.3 is 0 Å². The number of hydrogen-bond donors (Lipinski definition) is 1. The third-order valence-corrected chi connectivity index (χ3v) is 2.97. The van der Waals surface area contributed by atoms with E-state index in [9.17, 15) is 5.11 Å². The zero-order valence-electron chi connectivity index (χ0n) is 9.30. The van der Waals surface area contributed by atoms with Crippen molar-refractivity contribution < 1.29 is 5.11 Å². The minimum Gasteiger partial charge on any atom is -0.507 e. The van der Waals surface area contributed by atoms with E-state index in [-0.39, 0.29) is 0 Å². The number of fused-ring (bicyclic) bond motifs is 3. The lowest BCUT2D eigenvalue weighted by atomic mass is 9.93. The van der Waals surface area contributed by atoms with Gasteiger partial charge < -0.3 is 5.11 Å². The molecule has 1 N–H and O–H groups in total. The summed E-state index contributed by atoms with van der Waals surface area (Å²) in [4.78, 5) is 0. The molecule has 0 saturated heterocycles. The Morgan fingerprint density at radius 1 is 0.706 bits per heavy atom. The Morgan fingerprint density at radius 2 is 1.41 bits per heavy atom. The molecule has 0 unspecified atom stereocenters. The average molecular weight is 220 g/mol. The van der Waals surface area contributed by atoms with Crippen LogP contribution in [0, 0.1) is 0 Å². The molecule has 0 bridgehead atoms. The first-order valence-corrected chi connectivity index (χ1v) is 5.62. The lowest BCUT2D eigenvalue weighted by molar-refractivity contribution is 0.477. The second-order valence-electron chi connectivity index (χ2n) is 4.05. The van der Waals surface area contributed by atoms with Crippen molar-refractivity contribution in [3.05, 3.63) is 65.7 Å². The highest BCUT2D eigenvalue weighted by molar-refractivity contribution is 5.87. The topological polar surface area (TPSA) is 20.2 Å². The monoisotopic (exact) mass is 220 g/mol. The van der Waals surface area contributed by atoms with Crippen LogP contribution in [0.1, 0.15) is 11.1 Å². The third-order valence-electron chi connectivity index (χ3n) is 2.97. The van der Waals surface area contributed by atoms with Gasteiger partial charge in [-0.05, 0) is 22.8 Å². The second kappa shape index (κ2) is 3.95. The average Bonchev–Trinajstić information content (AvgIpc) is 2.32. The number of benzene rings is 2. The molecule has 0 atom stereocenters. The second-order valence-corrected chi connectivity index (χ2v) is 4.05. The minimum atomic E-state index is 0.329. The first-order chi connectivity index (χ1) is 8.36. The molecule has 82 valence electrons. The molecule has 1 heteroatoms. The van der Waals surface area contributed by atoms with E-state index < -0.39 is 0 Å². The lowest BCUT2D eigenvalue weighted by Gasteiger charge is -2.13. The number of rotatable bonds is 0. The Labute approximate surface area is 100 Å². The van der Waals surface area contributed by atoms with Gasteiger partial charge in [-0.15, -0.1) is 0 Å². The molecule has 0 aliphatic heterocycles. The molecule has 1 nitrogen and oxygen atoms in total. The summed E-state index contributed by atoms with van der Waals surface area (Å²) in [7, 11) is 0. The molecule has 2 aromatic rings. The molecule has 2 aromatic carbocycles. The van der Waals surface area contributed by atoms with Crippen molar-refractivity contribution in [2.45, 2.75) is 0 Å². The van der Waals surface area contributed by atoms with E-state index >= 15 is 0 Å². The number of phenols is 1. The van der Waals surface area contributed by atoms with Crippen LogP contribution in [-0.2, 0) is 0 Å². The largest absolute Gasteiger partial charge is 0.507 e. The van der Waals surface area contributed by atoms with Gasteiger partial charge in [0.25, 0.3) is 0 Å². The summed E-state index contributed by atoms with van der Waals surface area (Å²) >= 11 is 0. The fourth-order valence-electron chi connectivity index (χ4n) is 2.18. The summed E-state index contributed by atoms with van der Waals surface area (Å²) in [6, 6.07) is 13.7. The smallest absolute Gasteiger partial charge is 0.124 e. The molecule has 0 aromatic heterocycles. The van der Waals surface area contributed by atoms with Crippen LogP contribution in [0.5, 0.6) is 5.75 Å². The van der Waals surface area contributed by atoms with Gasteiger partial charge in [0, 0.05) is 5.56 Å². The van der Waals surface area contributed by atoms with E-state index in [1.165, 1.54) is 0 Å². The molecule has 1 aliphatic carbocycles. The Bertz CT molecular complexity index is 621. The van der Waals surface area contributed by atoms with Crippen LogP contribution in [0.4, 0.5) is 0 Å². The fourth-order valence-corrected chi connectivity index (χ4v) is 2.18. The maximum Gasteiger partial charge on any atom is 0.124 e. The van der Waals surface area contributed by atoms with Gasteiger partial charge in [-0.25, -0.2) is 0 Å². The quantitative estimate of drug-likeness (QED) is 0.708. The highest BCUT2D eigenvalue weighted by Gasteiger charge is 2.11.